The number of rotatable bonds is 6. The van der Waals surface area contributed by atoms with Crippen LogP contribution in [0.2, 0.25) is 0 Å². The van der Waals surface area contributed by atoms with Crippen LogP contribution in [0.15, 0.2) is 18.2 Å². The third-order valence-electron chi connectivity index (χ3n) is 2.75. The van der Waals surface area contributed by atoms with Crippen molar-refractivity contribution in [3.05, 3.63) is 29.3 Å². The van der Waals surface area contributed by atoms with Crippen molar-refractivity contribution in [2.45, 2.75) is 19.4 Å². The van der Waals surface area contributed by atoms with E-state index in [0.29, 0.717) is 23.4 Å². The minimum Gasteiger partial charge on any atom is -0.480 e. The van der Waals surface area contributed by atoms with Gasteiger partial charge in [0.05, 0.1) is 0 Å². The molecule has 0 saturated carbocycles. The fraction of sp³-hybridized carbons (Fsp3) is 0.385. The summed E-state index contributed by atoms with van der Waals surface area (Å²) in [5, 5.41) is 11.6. The summed E-state index contributed by atoms with van der Waals surface area (Å²) in [7, 11) is 0. The quantitative estimate of drug-likeness (QED) is 0.688. The Morgan fingerprint density at radius 1 is 1.47 bits per heavy atom. The van der Waals surface area contributed by atoms with Crippen molar-refractivity contribution < 1.29 is 14.7 Å². The number of aryl methyl sites for hydroxylation is 1. The molecule has 1 aromatic rings. The molecule has 19 heavy (non-hydrogen) atoms. The largest absolute Gasteiger partial charge is 0.480 e. The van der Waals surface area contributed by atoms with Crippen molar-refractivity contribution in [1.82, 2.24) is 5.32 Å². The number of nitrogen functional groups attached to an aromatic ring is 1. The fourth-order valence-electron chi connectivity index (χ4n) is 1.55. The molecule has 0 fully saturated rings. The molecule has 0 spiro atoms. The van der Waals surface area contributed by atoms with Gasteiger partial charge >= 0.3 is 5.97 Å². The lowest BCUT2D eigenvalue weighted by atomic mass is 10.1. The molecule has 0 aliphatic carbocycles. The van der Waals surface area contributed by atoms with E-state index < -0.39 is 17.9 Å². The highest BCUT2D eigenvalue weighted by atomic mass is 32.2. The van der Waals surface area contributed by atoms with Gasteiger partial charge in [0.1, 0.15) is 6.04 Å². The normalized spacial score (nSPS) is 11.9. The van der Waals surface area contributed by atoms with Crippen LogP contribution in [0.4, 0.5) is 5.69 Å². The zero-order valence-corrected chi connectivity index (χ0v) is 11.8. The Morgan fingerprint density at radius 3 is 2.68 bits per heavy atom. The SMILES string of the molecule is CSCC[C@@H](NC(=O)c1ccc(N)c(C)c1)C(=O)O. The van der Waals surface area contributed by atoms with E-state index in [0.717, 1.165) is 5.56 Å². The summed E-state index contributed by atoms with van der Waals surface area (Å²) in [5.41, 5.74) is 7.49. The summed E-state index contributed by atoms with van der Waals surface area (Å²) < 4.78 is 0. The first kappa shape index (κ1) is 15.4. The van der Waals surface area contributed by atoms with Crippen LogP contribution in [0.25, 0.3) is 0 Å². The number of amides is 1. The molecular formula is C13H18N2O3S. The van der Waals surface area contributed by atoms with Crippen molar-refractivity contribution in [3.8, 4) is 0 Å². The monoisotopic (exact) mass is 282 g/mol. The average molecular weight is 282 g/mol. The van der Waals surface area contributed by atoms with Crippen LogP contribution in [-0.4, -0.2) is 35.0 Å². The topological polar surface area (TPSA) is 92.4 Å². The molecule has 0 unspecified atom stereocenters. The maximum absolute atomic E-state index is 12.0. The first-order valence-corrected chi connectivity index (χ1v) is 7.23. The van der Waals surface area contributed by atoms with Gasteiger partial charge in [-0.15, -0.1) is 0 Å². The highest BCUT2D eigenvalue weighted by Gasteiger charge is 2.20. The van der Waals surface area contributed by atoms with E-state index in [2.05, 4.69) is 5.32 Å². The second-order valence-corrected chi connectivity index (χ2v) is 5.20. The van der Waals surface area contributed by atoms with Crippen LogP contribution in [-0.2, 0) is 4.79 Å². The predicted octanol–water partition coefficient (Wildman–Crippen LogP) is 1.51. The molecule has 104 valence electrons. The number of aliphatic carboxylic acids is 1. The summed E-state index contributed by atoms with van der Waals surface area (Å²) >= 11 is 1.54. The van der Waals surface area contributed by atoms with Crippen LogP contribution < -0.4 is 11.1 Å². The Labute approximate surface area is 116 Å². The third kappa shape index (κ3) is 4.48. The Morgan fingerprint density at radius 2 is 2.16 bits per heavy atom. The average Bonchev–Trinajstić information content (AvgIpc) is 2.37. The van der Waals surface area contributed by atoms with Gasteiger partial charge in [0.25, 0.3) is 5.91 Å². The summed E-state index contributed by atoms with van der Waals surface area (Å²) in [4.78, 5) is 23.0. The number of hydrogen-bond donors (Lipinski definition) is 3. The van der Waals surface area contributed by atoms with Gasteiger partial charge in [-0.05, 0) is 49.1 Å². The summed E-state index contributed by atoms with van der Waals surface area (Å²) in [6.45, 7) is 1.80. The number of carboxylic acid groups (broad SMARTS) is 1. The molecule has 0 aromatic heterocycles. The van der Waals surface area contributed by atoms with E-state index in [9.17, 15) is 9.59 Å². The second-order valence-electron chi connectivity index (χ2n) is 4.22. The molecule has 0 aliphatic heterocycles. The van der Waals surface area contributed by atoms with Gasteiger partial charge in [-0.25, -0.2) is 4.79 Å². The maximum Gasteiger partial charge on any atom is 0.326 e. The summed E-state index contributed by atoms with van der Waals surface area (Å²) in [6.07, 6.45) is 2.29. The standard InChI is InChI=1S/C13H18N2O3S/c1-8-7-9(3-4-10(8)14)12(16)15-11(13(17)18)5-6-19-2/h3-4,7,11H,5-6,14H2,1-2H3,(H,15,16)(H,17,18)/t11-/m1/s1. The predicted molar refractivity (Wildman–Crippen MR) is 77.5 cm³/mol. The zero-order chi connectivity index (χ0) is 14.4. The molecule has 0 bridgehead atoms. The molecule has 5 nitrogen and oxygen atoms in total. The first-order valence-electron chi connectivity index (χ1n) is 5.84. The highest BCUT2D eigenvalue weighted by molar-refractivity contribution is 7.98. The second kappa shape index (κ2) is 7.04. The minimum absolute atomic E-state index is 0.392. The first-order chi connectivity index (χ1) is 8.95. The number of carbonyl (C=O) groups is 2. The summed E-state index contributed by atoms with van der Waals surface area (Å²) in [5.74, 6) is -0.732. The van der Waals surface area contributed by atoms with E-state index in [1.165, 1.54) is 0 Å². The Bertz CT molecular complexity index is 477. The number of hydrogen-bond acceptors (Lipinski definition) is 4. The number of nitrogens with one attached hydrogen (secondary N) is 1. The van der Waals surface area contributed by atoms with E-state index in [4.69, 9.17) is 10.8 Å². The van der Waals surface area contributed by atoms with Gasteiger partial charge < -0.3 is 16.2 Å². The Hall–Kier alpha value is -1.69. The van der Waals surface area contributed by atoms with E-state index in [1.807, 2.05) is 6.26 Å². The number of thioether (sulfide) groups is 1. The van der Waals surface area contributed by atoms with Crippen molar-refractivity contribution in [1.29, 1.82) is 0 Å². The fourth-order valence-corrected chi connectivity index (χ4v) is 2.02. The molecule has 1 aromatic carbocycles. The molecule has 1 amide bonds. The van der Waals surface area contributed by atoms with Crippen molar-refractivity contribution in [2.75, 3.05) is 17.7 Å². The van der Waals surface area contributed by atoms with Gasteiger partial charge in [0, 0.05) is 11.3 Å². The zero-order valence-electron chi connectivity index (χ0n) is 11.0. The van der Waals surface area contributed by atoms with Crippen molar-refractivity contribution in [2.24, 2.45) is 0 Å². The molecule has 1 rings (SSSR count). The lowest BCUT2D eigenvalue weighted by Gasteiger charge is -2.14. The number of benzene rings is 1. The van der Waals surface area contributed by atoms with Gasteiger partial charge in [0.2, 0.25) is 0 Å². The van der Waals surface area contributed by atoms with Crippen molar-refractivity contribution in [3.63, 3.8) is 0 Å². The van der Waals surface area contributed by atoms with Gasteiger partial charge in [0.15, 0.2) is 0 Å². The third-order valence-corrected chi connectivity index (χ3v) is 3.39. The van der Waals surface area contributed by atoms with Crippen LogP contribution in [0.1, 0.15) is 22.3 Å². The van der Waals surface area contributed by atoms with Crippen LogP contribution in [0.5, 0.6) is 0 Å². The van der Waals surface area contributed by atoms with E-state index in [1.54, 1.807) is 36.9 Å². The summed E-state index contributed by atoms with van der Waals surface area (Å²) in [6, 6.07) is 4.02. The Balaban J connectivity index is 2.75. The lowest BCUT2D eigenvalue weighted by Crippen LogP contribution is -2.41. The van der Waals surface area contributed by atoms with Gasteiger partial charge in [-0.3, -0.25) is 4.79 Å². The molecule has 0 aliphatic rings. The molecule has 0 heterocycles. The molecule has 6 heteroatoms. The molecule has 0 radical (unpaired) electrons. The molecule has 0 saturated heterocycles. The van der Waals surface area contributed by atoms with Crippen LogP contribution >= 0.6 is 11.8 Å². The lowest BCUT2D eigenvalue weighted by molar-refractivity contribution is -0.139. The Kier molecular flexibility index (Phi) is 5.69. The number of nitrogens with two attached hydrogens (primary N) is 1. The van der Waals surface area contributed by atoms with E-state index >= 15 is 0 Å². The molecule has 4 N–H and O–H groups in total. The minimum atomic E-state index is -1.02. The number of carbonyl (C=O) groups excluding carboxylic acids is 1. The van der Waals surface area contributed by atoms with Gasteiger partial charge in [-0.2, -0.15) is 11.8 Å². The smallest absolute Gasteiger partial charge is 0.326 e. The number of carboxylic acids is 1. The molecular weight excluding hydrogens is 264 g/mol. The number of anilines is 1. The van der Waals surface area contributed by atoms with Crippen molar-refractivity contribution >= 4 is 29.3 Å². The maximum atomic E-state index is 12.0. The van der Waals surface area contributed by atoms with E-state index in [-0.39, 0.29) is 0 Å². The highest BCUT2D eigenvalue weighted by Crippen LogP contribution is 2.13. The van der Waals surface area contributed by atoms with Gasteiger partial charge in [-0.1, -0.05) is 0 Å². The van der Waals surface area contributed by atoms with Crippen LogP contribution in [0.3, 0.4) is 0 Å². The van der Waals surface area contributed by atoms with Crippen LogP contribution in [0, 0.1) is 6.92 Å². The molecule has 1 atom stereocenters.